The van der Waals surface area contributed by atoms with E-state index in [1.807, 2.05) is 30.7 Å². The van der Waals surface area contributed by atoms with E-state index < -0.39 is 0 Å². The first-order valence-corrected chi connectivity index (χ1v) is 6.36. The van der Waals surface area contributed by atoms with Gasteiger partial charge in [0.05, 0.1) is 16.1 Å². The van der Waals surface area contributed by atoms with Gasteiger partial charge in [0.1, 0.15) is 11.6 Å². The maximum Gasteiger partial charge on any atom is 0.142 e. The van der Waals surface area contributed by atoms with Crippen molar-refractivity contribution in [3.8, 4) is 17.1 Å². The van der Waals surface area contributed by atoms with Crippen molar-refractivity contribution in [1.82, 2.24) is 9.55 Å². The fourth-order valence-electron chi connectivity index (χ4n) is 2.24. The molecule has 2 aromatic carbocycles. The Hall–Kier alpha value is -2.00. The predicted octanol–water partition coefficient (Wildman–Crippen LogP) is 3.91. The molecule has 0 unspecified atom stereocenters. The lowest BCUT2D eigenvalue weighted by Crippen LogP contribution is -1.93. The monoisotopic (exact) mass is 272 g/mol. The minimum absolute atomic E-state index is 0.183. The number of aromatic nitrogens is 2. The van der Waals surface area contributed by atoms with Gasteiger partial charge in [-0.1, -0.05) is 17.7 Å². The number of benzene rings is 2. The highest BCUT2D eigenvalue weighted by Crippen LogP contribution is 2.32. The second kappa shape index (κ2) is 4.28. The zero-order valence-electron chi connectivity index (χ0n) is 10.7. The van der Waals surface area contributed by atoms with Gasteiger partial charge in [-0.2, -0.15) is 0 Å². The largest absolute Gasteiger partial charge is 0.508 e. The zero-order chi connectivity index (χ0) is 13.6. The van der Waals surface area contributed by atoms with Gasteiger partial charge in [0.2, 0.25) is 0 Å². The van der Waals surface area contributed by atoms with Crippen LogP contribution >= 0.6 is 11.6 Å². The van der Waals surface area contributed by atoms with E-state index in [2.05, 4.69) is 11.1 Å². The third-order valence-corrected chi connectivity index (χ3v) is 3.56. The topological polar surface area (TPSA) is 38.1 Å². The number of aryl methyl sites for hydroxylation is 2. The molecule has 19 heavy (non-hydrogen) atoms. The molecule has 1 heterocycles. The second-order valence-electron chi connectivity index (χ2n) is 4.65. The summed E-state index contributed by atoms with van der Waals surface area (Å²) in [4.78, 5) is 4.61. The third kappa shape index (κ3) is 1.96. The minimum Gasteiger partial charge on any atom is -0.508 e. The van der Waals surface area contributed by atoms with Gasteiger partial charge in [-0.05, 0) is 42.8 Å². The van der Waals surface area contributed by atoms with Crippen molar-refractivity contribution in [3.05, 3.63) is 47.0 Å². The average Bonchev–Trinajstić information content (AvgIpc) is 2.69. The Balaban J connectivity index is 2.30. The van der Waals surface area contributed by atoms with E-state index in [-0.39, 0.29) is 5.75 Å². The first-order valence-electron chi connectivity index (χ1n) is 5.98. The van der Waals surface area contributed by atoms with Crippen LogP contribution in [0, 0.1) is 6.92 Å². The summed E-state index contributed by atoms with van der Waals surface area (Å²) in [5, 5.41) is 10.2. The normalized spacial score (nSPS) is 11.1. The van der Waals surface area contributed by atoms with Crippen molar-refractivity contribution in [3.63, 3.8) is 0 Å². The molecule has 0 aliphatic heterocycles. The quantitative estimate of drug-likeness (QED) is 0.729. The first kappa shape index (κ1) is 12.1. The molecular formula is C15H13ClN2O. The number of hydrogen-bond donors (Lipinski definition) is 1. The van der Waals surface area contributed by atoms with Crippen LogP contribution in [0.2, 0.25) is 5.02 Å². The third-order valence-electron chi connectivity index (χ3n) is 3.23. The van der Waals surface area contributed by atoms with Gasteiger partial charge in [-0.15, -0.1) is 0 Å². The Bertz CT molecular complexity index is 777. The van der Waals surface area contributed by atoms with Gasteiger partial charge < -0.3 is 9.67 Å². The van der Waals surface area contributed by atoms with E-state index in [0.717, 1.165) is 22.4 Å². The average molecular weight is 273 g/mol. The van der Waals surface area contributed by atoms with Crippen molar-refractivity contribution in [2.75, 3.05) is 0 Å². The Kier molecular flexibility index (Phi) is 2.72. The summed E-state index contributed by atoms with van der Waals surface area (Å²) in [6.07, 6.45) is 0. The van der Waals surface area contributed by atoms with E-state index in [9.17, 15) is 5.11 Å². The highest BCUT2D eigenvalue weighted by Gasteiger charge is 2.13. The van der Waals surface area contributed by atoms with E-state index in [4.69, 9.17) is 11.6 Å². The molecular weight excluding hydrogens is 260 g/mol. The zero-order valence-corrected chi connectivity index (χ0v) is 11.4. The van der Waals surface area contributed by atoms with Gasteiger partial charge in [0.25, 0.3) is 0 Å². The van der Waals surface area contributed by atoms with Crippen LogP contribution in [0.25, 0.3) is 22.4 Å². The number of rotatable bonds is 1. The van der Waals surface area contributed by atoms with Crippen molar-refractivity contribution in [1.29, 1.82) is 0 Å². The number of phenolic OH excluding ortho intramolecular Hbond substituents is 1. The highest BCUT2D eigenvalue weighted by atomic mass is 35.5. The molecule has 96 valence electrons. The van der Waals surface area contributed by atoms with Gasteiger partial charge in [0, 0.05) is 12.6 Å². The SMILES string of the molecule is Cc1ccc2c(c1)nc(-c1cc(O)ccc1Cl)n2C. The van der Waals surface area contributed by atoms with Crippen molar-refractivity contribution >= 4 is 22.6 Å². The lowest BCUT2D eigenvalue weighted by atomic mass is 10.2. The van der Waals surface area contributed by atoms with Crippen LogP contribution in [0.4, 0.5) is 0 Å². The molecule has 0 amide bonds. The van der Waals surface area contributed by atoms with Crippen LogP contribution < -0.4 is 0 Å². The van der Waals surface area contributed by atoms with Crippen LogP contribution in [0.1, 0.15) is 5.56 Å². The number of halogens is 1. The smallest absolute Gasteiger partial charge is 0.142 e. The Labute approximate surface area is 116 Å². The fourth-order valence-corrected chi connectivity index (χ4v) is 2.44. The van der Waals surface area contributed by atoms with Crippen LogP contribution in [0.5, 0.6) is 5.75 Å². The molecule has 1 N–H and O–H groups in total. The van der Waals surface area contributed by atoms with Crippen LogP contribution in [0.15, 0.2) is 36.4 Å². The van der Waals surface area contributed by atoms with E-state index >= 15 is 0 Å². The molecule has 0 saturated heterocycles. The standard InChI is InChI=1S/C15H13ClN2O/c1-9-3-6-14-13(7-9)17-15(18(14)2)11-8-10(19)4-5-12(11)16/h3-8,19H,1-2H3. The molecule has 0 aliphatic carbocycles. The fraction of sp³-hybridized carbons (Fsp3) is 0.133. The molecule has 0 saturated carbocycles. The summed E-state index contributed by atoms with van der Waals surface area (Å²) in [6.45, 7) is 2.04. The molecule has 0 radical (unpaired) electrons. The molecule has 1 aromatic heterocycles. The van der Waals surface area contributed by atoms with Gasteiger partial charge in [-0.25, -0.2) is 4.98 Å². The Morgan fingerprint density at radius 2 is 1.95 bits per heavy atom. The number of imidazole rings is 1. The molecule has 3 rings (SSSR count). The summed E-state index contributed by atoms with van der Waals surface area (Å²) in [7, 11) is 1.94. The van der Waals surface area contributed by atoms with Crippen LogP contribution in [-0.4, -0.2) is 14.7 Å². The van der Waals surface area contributed by atoms with Crippen LogP contribution in [0.3, 0.4) is 0 Å². The van der Waals surface area contributed by atoms with E-state index in [1.54, 1.807) is 18.2 Å². The maximum absolute atomic E-state index is 9.61. The molecule has 0 bridgehead atoms. The predicted molar refractivity (Wildman–Crippen MR) is 77.6 cm³/mol. The lowest BCUT2D eigenvalue weighted by molar-refractivity contribution is 0.475. The number of aromatic hydroxyl groups is 1. The highest BCUT2D eigenvalue weighted by molar-refractivity contribution is 6.33. The van der Waals surface area contributed by atoms with Crippen LogP contribution in [-0.2, 0) is 7.05 Å². The summed E-state index contributed by atoms with van der Waals surface area (Å²) in [5.74, 6) is 0.934. The van der Waals surface area contributed by atoms with Crippen molar-refractivity contribution in [2.45, 2.75) is 6.92 Å². The van der Waals surface area contributed by atoms with Gasteiger partial charge in [-0.3, -0.25) is 0 Å². The lowest BCUT2D eigenvalue weighted by Gasteiger charge is -2.05. The molecule has 0 spiro atoms. The molecule has 0 aliphatic rings. The van der Waals surface area contributed by atoms with Gasteiger partial charge in [0.15, 0.2) is 0 Å². The van der Waals surface area contributed by atoms with Crippen molar-refractivity contribution in [2.24, 2.45) is 7.05 Å². The first-order chi connectivity index (χ1) is 9.06. The van der Waals surface area contributed by atoms with Crippen molar-refractivity contribution < 1.29 is 5.11 Å². The Morgan fingerprint density at radius 3 is 2.74 bits per heavy atom. The number of fused-ring (bicyclic) bond motifs is 1. The molecule has 4 heteroatoms. The van der Waals surface area contributed by atoms with E-state index in [0.29, 0.717) is 5.02 Å². The molecule has 0 atom stereocenters. The second-order valence-corrected chi connectivity index (χ2v) is 5.06. The Morgan fingerprint density at radius 1 is 1.16 bits per heavy atom. The summed E-state index contributed by atoms with van der Waals surface area (Å²) < 4.78 is 1.98. The number of hydrogen-bond acceptors (Lipinski definition) is 2. The number of nitrogens with zero attached hydrogens (tertiary/aromatic N) is 2. The molecule has 0 fully saturated rings. The minimum atomic E-state index is 0.183. The van der Waals surface area contributed by atoms with E-state index in [1.165, 1.54) is 5.56 Å². The summed E-state index contributed by atoms with van der Waals surface area (Å²) >= 11 is 6.20. The molecule has 3 nitrogen and oxygen atoms in total. The summed E-state index contributed by atoms with van der Waals surface area (Å²) in [5.41, 5.74) is 3.87. The van der Waals surface area contributed by atoms with Gasteiger partial charge >= 0.3 is 0 Å². The number of phenols is 1. The maximum atomic E-state index is 9.61. The molecule has 3 aromatic rings. The summed E-state index contributed by atoms with van der Waals surface area (Å²) in [6, 6.07) is 11.0.